The number of hydrogen-bond acceptors (Lipinski definition) is 1. The highest BCUT2D eigenvalue weighted by Gasteiger charge is 2.45. The monoisotopic (exact) mass is 449 g/mol. The largest absolute Gasteiger partial charge is 0.414 e. The Morgan fingerprint density at radius 2 is 1.10 bits per heavy atom. The molecule has 0 saturated carbocycles. The van der Waals surface area contributed by atoms with Gasteiger partial charge in [0.2, 0.25) is 0 Å². The van der Waals surface area contributed by atoms with Crippen LogP contribution >= 0.6 is 7.26 Å². The molecule has 0 aliphatic rings. The second-order valence-corrected chi connectivity index (χ2v) is 17.6. The fourth-order valence-corrected chi connectivity index (χ4v) is 9.99. The Bertz CT molecular complexity index is 809. The van der Waals surface area contributed by atoms with Crippen molar-refractivity contribution in [3.05, 3.63) is 91.0 Å². The molecule has 0 aromatic heterocycles. The van der Waals surface area contributed by atoms with Crippen molar-refractivity contribution in [2.45, 2.75) is 52.4 Å². The van der Waals surface area contributed by atoms with Crippen LogP contribution in [0, 0.1) is 5.92 Å². The van der Waals surface area contributed by atoms with Crippen LogP contribution in [0.1, 0.15) is 26.7 Å². The molecule has 3 rings (SSSR count). The van der Waals surface area contributed by atoms with Crippen molar-refractivity contribution in [3.8, 4) is 0 Å². The summed E-state index contributed by atoms with van der Waals surface area (Å²) in [7, 11) is -3.41. The van der Waals surface area contributed by atoms with E-state index in [1.807, 2.05) is 0 Å². The SMILES string of the molecule is CCC(C)C(CC[P+](c1ccccc1)(c1ccccc1)c1ccccc1)O[Si](C)(C)C. The van der Waals surface area contributed by atoms with E-state index >= 15 is 0 Å². The third-order valence-corrected chi connectivity index (χ3v) is 11.6. The molecule has 2 unspecified atom stereocenters. The van der Waals surface area contributed by atoms with Gasteiger partial charge in [-0.15, -0.1) is 0 Å². The summed E-state index contributed by atoms with van der Waals surface area (Å²) in [6.07, 6.45) is 3.69. The third kappa shape index (κ3) is 5.95. The van der Waals surface area contributed by atoms with Gasteiger partial charge in [-0.25, -0.2) is 0 Å². The molecule has 3 aromatic carbocycles. The van der Waals surface area contributed by atoms with E-state index in [2.05, 4.69) is 124 Å². The molecule has 0 radical (unpaired) electrons. The Morgan fingerprint density at radius 3 is 1.42 bits per heavy atom. The van der Waals surface area contributed by atoms with Crippen molar-refractivity contribution < 1.29 is 4.43 Å². The third-order valence-electron chi connectivity index (χ3n) is 6.12. The highest BCUT2D eigenvalue weighted by molar-refractivity contribution is 7.95. The molecule has 3 aromatic rings. The molecule has 3 heteroatoms. The zero-order chi connectivity index (χ0) is 22.3. The van der Waals surface area contributed by atoms with Crippen LogP contribution in [0.2, 0.25) is 19.6 Å². The maximum absolute atomic E-state index is 6.75. The molecule has 0 bridgehead atoms. The van der Waals surface area contributed by atoms with Crippen LogP contribution in [0.4, 0.5) is 0 Å². The van der Waals surface area contributed by atoms with Crippen LogP contribution in [0.3, 0.4) is 0 Å². The molecule has 0 aliphatic heterocycles. The summed E-state index contributed by atoms with van der Waals surface area (Å²) in [6.45, 7) is 11.6. The molecule has 0 fully saturated rings. The quantitative estimate of drug-likeness (QED) is 0.249. The topological polar surface area (TPSA) is 9.23 Å². The zero-order valence-corrected chi connectivity index (χ0v) is 21.7. The Kier molecular flexibility index (Phi) is 8.28. The maximum atomic E-state index is 6.75. The first kappa shape index (κ1) is 23.9. The summed E-state index contributed by atoms with van der Waals surface area (Å²) in [5, 5.41) is 4.38. The smallest absolute Gasteiger partial charge is 0.184 e. The Hall–Kier alpha value is -1.73. The first-order chi connectivity index (χ1) is 14.9. The van der Waals surface area contributed by atoms with Crippen LogP contribution in [-0.4, -0.2) is 20.6 Å². The molecule has 0 amide bonds. The van der Waals surface area contributed by atoms with Gasteiger partial charge in [-0.05, 0) is 62.0 Å². The molecular formula is C28H38OPSi+. The lowest BCUT2D eigenvalue weighted by atomic mass is 10.0. The Balaban J connectivity index is 2.11. The van der Waals surface area contributed by atoms with Crippen molar-refractivity contribution >= 4 is 31.5 Å². The molecule has 2 atom stereocenters. The minimum absolute atomic E-state index is 0.312. The van der Waals surface area contributed by atoms with Crippen molar-refractivity contribution in [1.29, 1.82) is 0 Å². The van der Waals surface area contributed by atoms with Crippen LogP contribution < -0.4 is 15.9 Å². The molecule has 0 spiro atoms. The second-order valence-electron chi connectivity index (χ2n) is 9.48. The van der Waals surface area contributed by atoms with Crippen LogP contribution in [-0.2, 0) is 4.43 Å². The van der Waals surface area contributed by atoms with Gasteiger partial charge in [0, 0.05) is 6.42 Å². The number of benzene rings is 3. The van der Waals surface area contributed by atoms with Crippen molar-refractivity contribution in [3.63, 3.8) is 0 Å². The average molecular weight is 450 g/mol. The minimum atomic E-state index is -1.79. The van der Waals surface area contributed by atoms with E-state index in [0.717, 1.165) is 19.0 Å². The van der Waals surface area contributed by atoms with Crippen LogP contribution in [0.5, 0.6) is 0 Å². The summed E-state index contributed by atoms with van der Waals surface area (Å²) in [5.41, 5.74) is 0. The highest BCUT2D eigenvalue weighted by Crippen LogP contribution is 2.56. The summed E-state index contributed by atoms with van der Waals surface area (Å²) >= 11 is 0. The molecular weight excluding hydrogens is 411 g/mol. The van der Waals surface area contributed by atoms with Crippen LogP contribution in [0.25, 0.3) is 0 Å². The lowest BCUT2D eigenvalue weighted by Gasteiger charge is -2.33. The fraction of sp³-hybridized carbons (Fsp3) is 0.357. The van der Waals surface area contributed by atoms with Gasteiger partial charge in [0.15, 0.2) is 8.32 Å². The normalized spacial score (nSPS) is 14.2. The maximum Gasteiger partial charge on any atom is 0.184 e. The lowest BCUT2D eigenvalue weighted by Crippen LogP contribution is -2.39. The van der Waals surface area contributed by atoms with E-state index in [0.29, 0.717) is 12.0 Å². The van der Waals surface area contributed by atoms with Gasteiger partial charge in [0.25, 0.3) is 0 Å². The first-order valence-electron chi connectivity index (χ1n) is 11.6. The van der Waals surface area contributed by atoms with Gasteiger partial charge in [0.1, 0.15) is 23.2 Å². The second kappa shape index (κ2) is 10.7. The Morgan fingerprint density at radius 1 is 0.710 bits per heavy atom. The molecule has 31 heavy (non-hydrogen) atoms. The van der Waals surface area contributed by atoms with Gasteiger partial charge in [-0.1, -0.05) is 74.9 Å². The van der Waals surface area contributed by atoms with Gasteiger partial charge < -0.3 is 4.43 Å². The van der Waals surface area contributed by atoms with E-state index in [1.165, 1.54) is 15.9 Å². The fourth-order valence-electron chi connectivity index (χ4n) is 4.38. The standard InChI is InChI=1S/C28H38OPSi/c1-6-24(2)28(29-31(3,4)5)22-23-30(25-16-10-7-11-17-25,26-18-12-8-13-19-26)27-20-14-9-15-21-27/h7-21,24,28H,6,22-23H2,1-5H3/q+1. The van der Waals surface area contributed by atoms with Gasteiger partial charge >= 0.3 is 0 Å². The van der Waals surface area contributed by atoms with E-state index in [4.69, 9.17) is 4.43 Å². The zero-order valence-electron chi connectivity index (χ0n) is 19.8. The molecule has 0 saturated heterocycles. The molecule has 164 valence electrons. The van der Waals surface area contributed by atoms with E-state index in [9.17, 15) is 0 Å². The predicted octanol–water partition coefficient (Wildman–Crippen LogP) is 6.64. The Labute approximate surface area is 191 Å². The summed E-state index contributed by atoms with van der Waals surface area (Å²) in [5.74, 6) is 0.566. The molecule has 0 N–H and O–H groups in total. The molecule has 0 aliphatic carbocycles. The average Bonchev–Trinajstić information content (AvgIpc) is 2.79. The van der Waals surface area contributed by atoms with E-state index in [1.54, 1.807) is 0 Å². The van der Waals surface area contributed by atoms with Crippen LogP contribution in [0.15, 0.2) is 91.0 Å². The highest BCUT2D eigenvalue weighted by atomic mass is 31.2. The van der Waals surface area contributed by atoms with Crippen molar-refractivity contribution in [2.75, 3.05) is 6.16 Å². The minimum Gasteiger partial charge on any atom is -0.414 e. The van der Waals surface area contributed by atoms with Crippen molar-refractivity contribution in [1.82, 2.24) is 0 Å². The van der Waals surface area contributed by atoms with E-state index < -0.39 is 15.6 Å². The summed E-state index contributed by atoms with van der Waals surface area (Å²) in [4.78, 5) is 0. The lowest BCUT2D eigenvalue weighted by molar-refractivity contribution is 0.129. The van der Waals surface area contributed by atoms with Gasteiger partial charge in [-0.3, -0.25) is 0 Å². The van der Waals surface area contributed by atoms with Gasteiger partial charge in [0.05, 0.1) is 12.3 Å². The molecule has 1 nitrogen and oxygen atoms in total. The predicted molar refractivity (Wildman–Crippen MR) is 142 cm³/mol. The van der Waals surface area contributed by atoms with E-state index in [-0.39, 0.29) is 0 Å². The van der Waals surface area contributed by atoms with Gasteiger partial charge in [-0.2, -0.15) is 0 Å². The summed E-state index contributed by atoms with van der Waals surface area (Å²) < 4.78 is 6.75. The molecule has 0 heterocycles. The number of rotatable bonds is 10. The summed E-state index contributed by atoms with van der Waals surface area (Å²) in [6, 6.07) is 33.6. The van der Waals surface area contributed by atoms with Crippen molar-refractivity contribution in [2.24, 2.45) is 5.92 Å². The first-order valence-corrected chi connectivity index (χ1v) is 17.0. The number of hydrogen-bond donors (Lipinski definition) is 0.